The van der Waals surface area contributed by atoms with E-state index in [1.165, 1.54) is 6.07 Å². The average molecular weight is 434 g/mol. The van der Waals surface area contributed by atoms with Crippen LogP contribution in [0.2, 0.25) is 5.02 Å². The van der Waals surface area contributed by atoms with Crippen LogP contribution in [0.4, 0.5) is 0 Å². The summed E-state index contributed by atoms with van der Waals surface area (Å²) in [7, 11) is 1.57. The SMILES string of the molecule is COc1ccc([C@H](CC(=O)OC(C)C)NC(=O)c2cc(Cl)c3c(c2)OCCO3)cc1. The van der Waals surface area contributed by atoms with Crippen LogP contribution in [0.1, 0.15) is 42.2 Å². The Morgan fingerprint density at radius 3 is 2.50 bits per heavy atom. The first kappa shape index (κ1) is 21.8. The highest BCUT2D eigenvalue weighted by molar-refractivity contribution is 6.32. The smallest absolute Gasteiger partial charge is 0.308 e. The Balaban J connectivity index is 1.83. The molecule has 0 fully saturated rings. The number of halogens is 1. The molecule has 1 N–H and O–H groups in total. The van der Waals surface area contributed by atoms with E-state index in [-0.39, 0.29) is 17.5 Å². The third kappa shape index (κ3) is 5.36. The maximum Gasteiger partial charge on any atom is 0.308 e. The Labute approximate surface area is 180 Å². The van der Waals surface area contributed by atoms with Crippen molar-refractivity contribution in [2.75, 3.05) is 20.3 Å². The molecule has 160 valence electrons. The normalized spacial score (nSPS) is 13.5. The lowest BCUT2D eigenvalue weighted by molar-refractivity contribution is -0.147. The average Bonchev–Trinajstić information content (AvgIpc) is 2.72. The number of amides is 1. The van der Waals surface area contributed by atoms with E-state index in [9.17, 15) is 9.59 Å². The fraction of sp³-hybridized carbons (Fsp3) is 0.364. The Morgan fingerprint density at radius 2 is 1.83 bits per heavy atom. The van der Waals surface area contributed by atoms with Crippen LogP contribution in [0.15, 0.2) is 36.4 Å². The molecule has 0 aromatic heterocycles. The van der Waals surface area contributed by atoms with Crippen LogP contribution in [0.25, 0.3) is 0 Å². The molecule has 7 nitrogen and oxygen atoms in total. The van der Waals surface area contributed by atoms with Gasteiger partial charge in [-0.2, -0.15) is 0 Å². The van der Waals surface area contributed by atoms with Crippen molar-refractivity contribution in [1.29, 1.82) is 0 Å². The highest BCUT2D eigenvalue weighted by Gasteiger charge is 2.24. The lowest BCUT2D eigenvalue weighted by Gasteiger charge is -2.22. The molecule has 1 amide bonds. The molecule has 0 radical (unpaired) electrons. The van der Waals surface area contributed by atoms with E-state index >= 15 is 0 Å². The Morgan fingerprint density at radius 1 is 1.13 bits per heavy atom. The Hall–Kier alpha value is -2.93. The minimum absolute atomic E-state index is 0.0193. The van der Waals surface area contributed by atoms with Crippen molar-refractivity contribution in [3.8, 4) is 17.2 Å². The van der Waals surface area contributed by atoms with Gasteiger partial charge in [-0.25, -0.2) is 0 Å². The second kappa shape index (κ2) is 9.71. The van der Waals surface area contributed by atoms with E-state index in [0.29, 0.717) is 36.0 Å². The second-order valence-electron chi connectivity index (χ2n) is 7.02. The number of hydrogen-bond acceptors (Lipinski definition) is 6. The summed E-state index contributed by atoms with van der Waals surface area (Å²) < 4.78 is 21.5. The first-order chi connectivity index (χ1) is 14.4. The van der Waals surface area contributed by atoms with Crippen LogP contribution in [0.3, 0.4) is 0 Å². The standard InChI is InChI=1S/C22H24ClNO6/c1-13(2)30-20(25)12-18(14-4-6-16(27-3)7-5-14)24-22(26)15-10-17(23)21-19(11-15)28-8-9-29-21/h4-7,10-11,13,18H,8-9,12H2,1-3H3,(H,24,26)/t18-/m0/s1. The maximum atomic E-state index is 13.0. The number of ether oxygens (including phenoxy) is 4. The van der Waals surface area contributed by atoms with Gasteiger partial charge in [0.05, 0.1) is 30.7 Å². The molecule has 1 aliphatic rings. The predicted molar refractivity (Wildman–Crippen MR) is 111 cm³/mol. The van der Waals surface area contributed by atoms with Gasteiger partial charge >= 0.3 is 5.97 Å². The van der Waals surface area contributed by atoms with E-state index in [4.69, 9.17) is 30.5 Å². The van der Waals surface area contributed by atoms with Gasteiger partial charge < -0.3 is 24.3 Å². The molecule has 1 heterocycles. The number of carbonyl (C=O) groups is 2. The van der Waals surface area contributed by atoms with Crippen molar-refractivity contribution in [3.05, 3.63) is 52.5 Å². The maximum absolute atomic E-state index is 13.0. The van der Waals surface area contributed by atoms with E-state index in [1.807, 2.05) is 0 Å². The lowest BCUT2D eigenvalue weighted by atomic mass is 10.0. The topological polar surface area (TPSA) is 83.1 Å². The van der Waals surface area contributed by atoms with Crippen molar-refractivity contribution in [2.24, 2.45) is 0 Å². The molecule has 0 saturated carbocycles. The van der Waals surface area contributed by atoms with Crippen molar-refractivity contribution < 1.29 is 28.5 Å². The monoisotopic (exact) mass is 433 g/mol. The molecule has 30 heavy (non-hydrogen) atoms. The first-order valence-corrected chi connectivity index (χ1v) is 9.98. The minimum atomic E-state index is -0.596. The van der Waals surface area contributed by atoms with Crippen molar-refractivity contribution in [2.45, 2.75) is 32.4 Å². The number of methoxy groups -OCH3 is 1. The highest BCUT2D eigenvalue weighted by atomic mass is 35.5. The van der Waals surface area contributed by atoms with Crippen LogP contribution in [0.5, 0.6) is 17.2 Å². The summed E-state index contributed by atoms with van der Waals surface area (Å²) in [6, 6.07) is 9.62. The highest BCUT2D eigenvalue weighted by Crippen LogP contribution is 2.38. The summed E-state index contributed by atoms with van der Waals surface area (Å²) in [5.41, 5.74) is 1.05. The summed E-state index contributed by atoms with van der Waals surface area (Å²) >= 11 is 6.25. The minimum Gasteiger partial charge on any atom is -0.497 e. The molecule has 0 aliphatic carbocycles. The van der Waals surface area contributed by atoms with Gasteiger partial charge in [-0.15, -0.1) is 0 Å². The summed E-state index contributed by atoms with van der Waals surface area (Å²) in [6.45, 7) is 4.33. The van der Waals surface area contributed by atoms with Crippen LogP contribution < -0.4 is 19.5 Å². The Bertz CT molecular complexity index is 913. The van der Waals surface area contributed by atoms with Gasteiger partial charge in [0.2, 0.25) is 0 Å². The number of rotatable bonds is 7. The van der Waals surface area contributed by atoms with Gasteiger partial charge in [-0.05, 0) is 43.7 Å². The Kier molecular flexibility index (Phi) is 7.05. The van der Waals surface area contributed by atoms with Crippen LogP contribution in [-0.2, 0) is 9.53 Å². The molecule has 1 aliphatic heterocycles. The molecule has 1 atom stereocenters. The van der Waals surface area contributed by atoms with Crippen molar-refractivity contribution in [3.63, 3.8) is 0 Å². The number of fused-ring (bicyclic) bond motifs is 1. The number of hydrogen-bond donors (Lipinski definition) is 1. The zero-order chi connectivity index (χ0) is 21.7. The predicted octanol–water partition coefficient (Wildman–Crippen LogP) is 3.93. The fourth-order valence-corrected chi connectivity index (χ4v) is 3.31. The van der Waals surface area contributed by atoms with Gasteiger partial charge in [-0.1, -0.05) is 23.7 Å². The number of esters is 1. The largest absolute Gasteiger partial charge is 0.497 e. The van der Waals surface area contributed by atoms with E-state index in [0.717, 1.165) is 5.56 Å². The van der Waals surface area contributed by atoms with Crippen molar-refractivity contribution in [1.82, 2.24) is 5.32 Å². The molecule has 0 bridgehead atoms. The molecule has 0 spiro atoms. The summed E-state index contributed by atoms with van der Waals surface area (Å²) in [6.07, 6.45) is -0.268. The fourth-order valence-electron chi connectivity index (χ4n) is 3.05. The van der Waals surface area contributed by atoms with Gasteiger partial charge in [0, 0.05) is 5.56 Å². The van der Waals surface area contributed by atoms with Gasteiger partial charge in [0.25, 0.3) is 5.91 Å². The van der Waals surface area contributed by atoms with E-state index in [1.54, 1.807) is 51.3 Å². The lowest BCUT2D eigenvalue weighted by Crippen LogP contribution is -2.31. The third-order valence-electron chi connectivity index (χ3n) is 4.42. The van der Waals surface area contributed by atoms with E-state index in [2.05, 4.69) is 5.32 Å². The molecule has 8 heteroatoms. The van der Waals surface area contributed by atoms with Crippen LogP contribution in [-0.4, -0.2) is 38.3 Å². The zero-order valence-electron chi connectivity index (χ0n) is 17.1. The van der Waals surface area contributed by atoms with Crippen LogP contribution >= 0.6 is 11.6 Å². The molecular weight excluding hydrogens is 410 g/mol. The molecule has 2 aromatic carbocycles. The molecule has 0 unspecified atom stereocenters. The first-order valence-electron chi connectivity index (χ1n) is 9.60. The molecule has 2 aromatic rings. The summed E-state index contributed by atoms with van der Waals surface area (Å²) in [4.78, 5) is 25.2. The third-order valence-corrected chi connectivity index (χ3v) is 4.70. The van der Waals surface area contributed by atoms with E-state index < -0.39 is 17.9 Å². The second-order valence-corrected chi connectivity index (χ2v) is 7.43. The van der Waals surface area contributed by atoms with Gasteiger partial charge in [0.15, 0.2) is 11.5 Å². The quantitative estimate of drug-likeness (QED) is 0.666. The summed E-state index contributed by atoms with van der Waals surface area (Å²) in [5, 5.41) is 3.18. The number of carbonyl (C=O) groups excluding carboxylic acids is 2. The van der Waals surface area contributed by atoms with Gasteiger partial charge in [-0.3, -0.25) is 9.59 Å². The zero-order valence-corrected chi connectivity index (χ0v) is 17.8. The number of benzene rings is 2. The molecule has 3 rings (SSSR count). The molecule has 0 saturated heterocycles. The number of nitrogens with one attached hydrogen (secondary N) is 1. The van der Waals surface area contributed by atoms with Crippen LogP contribution in [0, 0.1) is 0 Å². The molecular formula is C22H24ClNO6. The van der Waals surface area contributed by atoms with Gasteiger partial charge in [0.1, 0.15) is 19.0 Å². The summed E-state index contributed by atoms with van der Waals surface area (Å²) in [5.74, 6) is 0.705. The van der Waals surface area contributed by atoms with Crippen molar-refractivity contribution >= 4 is 23.5 Å².